The summed E-state index contributed by atoms with van der Waals surface area (Å²) in [6.07, 6.45) is 3.54. The zero-order valence-corrected chi connectivity index (χ0v) is 10.2. The molecule has 2 nitrogen and oxygen atoms in total. The van der Waals surface area contributed by atoms with E-state index in [1.807, 2.05) is 0 Å². The summed E-state index contributed by atoms with van der Waals surface area (Å²) in [6.45, 7) is 6.44. The van der Waals surface area contributed by atoms with Crippen LogP contribution in [0.15, 0.2) is 0 Å². The lowest BCUT2D eigenvalue weighted by Crippen LogP contribution is -2.33. The highest BCUT2D eigenvalue weighted by molar-refractivity contribution is 6.17. The third-order valence-corrected chi connectivity index (χ3v) is 2.66. The Kier molecular flexibility index (Phi) is 7.96. The van der Waals surface area contributed by atoms with Crippen LogP contribution in [0.5, 0.6) is 0 Å². The van der Waals surface area contributed by atoms with E-state index in [1.165, 1.54) is 6.42 Å². The first kappa shape index (κ1) is 13.8. The zero-order chi connectivity index (χ0) is 11.0. The Morgan fingerprint density at radius 3 is 2.57 bits per heavy atom. The number of rotatable bonds is 7. The molecule has 1 N–H and O–H groups in total. The molecule has 0 radical (unpaired) electrons. The maximum Gasteiger partial charge on any atom is 0.220 e. The molecule has 0 aliphatic heterocycles. The van der Waals surface area contributed by atoms with Crippen molar-refractivity contribution >= 4 is 17.5 Å². The van der Waals surface area contributed by atoms with Crippen LogP contribution in [0, 0.1) is 5.92 Å². The molecule has 84 valence electrons. The van der Waals surface area contributed by atoms with E-state index in [9.17, 15) is 4.79 Å². The van der Waals surface area contributed by atoms with Gasteiger partial charge in [0.25, 0.3) is 0 Å². The van der Waals surface area contributed by atoms with Crippen molar-refractivity contribution < 1.29 is 4.79 Å². The predicted molar refractivity (Wildman–Crippen MR) is 61.6 cm³/mol. The smallest absolute Gasteiger partial charge is 0.220 e. The normalized spacial score (nSPS) is 14.9. The minimum absolute atomic E-state index is 0.126. The Labute approximate surface area is 92.4 Å². The molecule has 0 saturated carbocycles. The number of hydrogen-bond donors (Lipinski definition) is 1. The summed E-state index contributed by atoms with van der Waals surface area (Å²) in [7, 11) is 0. The molecule has 0 fully saturated rings. The van der Waals surface area contributed by atoms with Crippen LogP contribution >= 0.6 is 11.6 Å². The number of alkyl halides is 1. The largest absolute Gasteiger partial charge is 0.354 e. The molecule has 0 heterocycles. The Hall–Kier alpha value is -0.240. The summed E-state index contributed by atoms with van der Waals surface area (Å²) in [5.74, 6) is 1.37. The van der Waals surface area contributed by atoms with Gasteiger partial charge in [0.1, 0.15) is 0 Å². The van der Waals surface area contributed by atoms with Gasteiger partial charge in [-0.2, -0.15) is 0 Å². The number of carbonyl (C=O) groups is 1. The Bertz CT molecular complexity index is 161. The zero-order valence-electron chi connectivity index (χ0n) is 9.48. The quantitative estimate of drug-likeness (QED) is 0.656. The molecule has 2 unspecified atom stereocenters. The fraction of sp³-hybridized carbons (Fsp3) is 0.909. The maximum atomic E-state index is 11.3. The maximum absolute atomic E-state index is 11.3. The molecule has 1 amide bonds. The van der Waals surface area contributed by atoms with Crippen molar-refractivity contribution in [3.63, 3.8) is 0 Å². The van der Waals surface area contributed by atoms with E-state index in [0.717, 1.165) is 12.8 Å². The molecule has 0 aromatic heterocycles. The van der Waals surface area contributed by atoms with Crippen LogP contribution in [0.25, 0.3) is 0 Å². The van der Waals surface area contributed by atoms with Gasteiger partial charge in [0.05, 0.1) is 0 Å². The van der Waals surface area contributed by atoms with Gasteiger partial charge in [-0.15, -0.1) is 11.6 Å². The van der Waals surface area contributed by atoms with E-state index in [2.05, 4.69) is 26.1 Å². The van der Waals surface area contributed by atoms with Gasteiger partial charge in [-0.3, -0.25) is 4.79 Å². The van der Waals surface area contributed by atoms with Crippen molar-refractivity contribution in [3.05, 3.63) is 0 Å². The van der Waals surface area contributed by atoms with Crippen LogP contribution in [0.3, 0.4) is 0 Å². The van der Waals surface area contributed by atoms with Crippen LogP contribution in [-0.2, 0) is 4.79 Å². The Morgan fingerprint density at radius 2 is 2.07 bits per heavy atom. The molecular weight excluding hydrogens is 198 g/mol. The third kappa shape index (κ3) is 7.19. The lowest BCUT2D eigenvalue weighted by Gasteiger charge is -2.17. The lowest BCUT2D eigenvalue weighted by molar-refractivity contribution is -0.121. The molecule has 0 bridgehead atoms. The lowest BCUT2D eigenvalue weighted by atomic mass is 10.0. The second-order valence-electron chi connectivity index (χ2n) is 4.01. The molecule has 2 atom stereocenters. The highest BCUT2D eigenvalue weighted by atomic mass is 35.5. The molecular formula is C11H22ClNO. The van der Waals surface area contributed by atoms with Crippen molar-refractivity contribution in [2.24, 2.45) is 5.92 Å². The third-order valence-electron chi connectivity index (χ3n) is 2.40. The average molecular weight is 220 g/mol. The summed E-state index contributed by atoms with van der Waals surface area (Å²) >= 11 is 5.51. The van der Waals surface area contributed by atoms with Crippen molar-refractivity contribution in [1.29, 1.82) is 0 Å². The minimum atomic E-state index is 0.126. The Balaban J connectivity index is 3.60. The van der Waals surface area contributed by atoms with Gasteiger partial charge in [-0.25, -0.2) is 0 Å². The molecule has 0 rings (SSSR count). The number of nitrogens with one attached hydrogen (secondary N) is 1. The van der Waals surface area contributed by atoms with Gasteiger partial charge >= 0.3 is 0 Å². The van der Waals surface area contributed by atoms with Crippen molar-refractivity contribution in [3.8, 4) is 0 Å². The molecule has 0 aromatic rings. The van der Waals surface area contributed by atoms with Crippen LogP contribution < -0.4 is 5.32 Å². The fourth-order valence-electron chi connectivity index (χ4n) is 1.40. The minimum Gasteiger partial charge on any atom is -0.354 e. The molecule has 14 heavy (non-hydrogen) atoms. The first-order valence-electron chi connectivity index (χ1n) is 5.45. The van der Waals surface area contributed by atoms with E-state index in [4.69, 9.17) is 11.6 Å². The number of carbonyl (C=O) groups excluding carboxylic acids is 1. The Morgan fingerprint density at radius 1 is 1.43 bits per heavy atom. The molecule has 0 aliphatic rings. The SMILES string of the molecule is CCC(C)CC(C)NC(=O)CCCCl. The summed E-state index contributed by atoms with van der Waals surface area (Å²) in [5, 5.41) is 2.98. The van der Waals surface area contributed by atoms with E-state index < -0.39 is 0 Å². The highest BCUT2D eigenvalue weighted by Gasteiger charge is 2.09. The van der Waals surface area contributed by atoms with Crippen LogP contribution in [0.1, 0.15) is 46.5 Å². The van der Waals surface area contributed by atoms with Gasteiger partial charge in [-0.05, 0) is 25.7 Å². The van der Waals surface area contributed by atoms with E-state index in [0.29, 0.717) is 18.2 Å². The first-order valence-corrected chi connectivity index (χ1v) is 5.98. The summed E-state index contributed by atoms with van der Waals surface area (Å²) in [4.78, 5) is 11.3. The number of halogens is 1. The van der Waals surface area contributed by atoms with E-state index in [1.54, 1.807) is 0 Å². The molecule has 3 heteroatoms. The second kappa shape index (κ2) is 8.10. The molecule has 0 aliphatic carbocycles. The number of hydrogen-bond acceptors (Lipinski definition) is 1. The standard InChI is InChI=1S/C11H22ClNO/c1-4-9(2)8-10(3)13-11(14)6-5-7-12/h9-10H,4-8H2,1-3H3,(H,13,14). The van der Waals surface area contributed by atoms with Gasteiger partial charge in [0.15, 0.2) is 0 Å². The highest BCUT2D eigenvalue weighted by Crippen LogP contribution is 2.09. The summed E-state index contributed by atoms with van der Waals surface area (Å²) in [5.41, 5.74) is 0. The van der Waals surface area contributed by atoms with Gasteiger partial charge in [-0.1, -0.05) is 20.3 Å². The fourth-order valence-corrected chi connectivity index (χ4v) is 1.54. The van der Waals surface area contributed by atoms with Crippen molar-refractivity contribution in [2.75, 3.05) is 5.88 Å². The van der Waals surface area contributed by atoms with Crippen LogP contribution in [-0.4, -0.2) is 17.8 Å². The van der Waals surface area contributed by atoms with Crippen LogP contribution in [0.4, 0.5) is 0 Å². The van der Waals surface area contributed by atoms with Crippen LogP contribution in [0.2, 0.25) is 0 Å². The van der Waals surface area contributed by atoms with Gasteiger partial charge in [0.2, 0.25) is 5.91 Å². The molecule has 0 aromatic carbocycles. The average Bonchev–Trinajstić information content (AvgIpc) is 2.14. The first-order chi connectivity index (χ1) is 6.60. The second-order valence-corrected chi connectivity index (χ2v) is 4.39. The van der Waals surface area contributed by atoms with Crippen molar-refractivity contribution in [1.82, 2.24) is 5.32 Å². The van der Waals surface area contributed by atoms with Crippen molar-refractivity contribution in [2.45, 2.75) is 52.5 Å². The molecule has 0 spiro atoms. The summed E-state index contributed by atoms with van der Waals surface area (Å²) in [6, 6.07) is 0.285. The number of amides is 1. The van der Waals surface area contributed by atoms with Gasteiger partial charge in [0, 0.05) is 18.3 Å². The van der Waals surface area contributed by atoms with E-state index in [-0.39, 0.29) is 11.9 Å². The van der Waals surface area contributed by atoms with E-state index >= 15 is 0 Å². The van der Waals surface area contributed by atoms with Gasteiger partial charge < -0.3 is 5.32 Å². The topological polar surface area (TPSA) is 29.1 Å². The predicted octanol–water partition coefficient (Wildman–Crippen LogP) is 2.95. The molecule has 0 saturated heterocycles. The monoisotopic (exact) mass is 219 g/mol. The summed E-state index contributed by atoms with van der Waals surface area (Å²) < 4.78 is 0.